The van der Waals surface area contributed by atoms with Crippen LogP contribution in [0.1, 0.15) is 56.3 Å². The monoisotopic (exact) mass is 310 g/mol. The average Bonchev–Trinajstić information content (AvgIpc) is 2.58. The first-order chi connectivity index (χ1) is 11.1. The molecule has 1 aliphatic heterocycles. The maximum atomic E-state index is 11.2. The fourth-order valence-corrected chi connectivity index (χ4v) is 4.19. The Hall–Kier alpha value is -1.64. The summed E-state index contributed by atoms with van der Waals surface area (Å²) in [5, 5.41) is 13.7. The molecule has 1 heterocycles. The molecule has 2 aromatic carbocycles. The van der Waals surface area contributed by atoms with Gasteiger partial charge in [0.25, 0.3) is 0 Å². The van der Waals surface area contributed by atoms with Gasteiger partial charge >= 0.3 is 0 Å². The van der Waals surface area contributed by atoms with E-state index in [-0.39, 0.29) is 5.92 Å². The van der Waals surface area contributed by atoms with Gasteiger partial charge in [-0.15, -0.1) is 0 Å². The van der Waals surface area contributed by atoms with Crippen molar-refractivity contribution in [3.63, 3.8) is 0 Å². The molecule has 1 fully saturated rings. The molecule has 23 heavy (non-hydrogen) atoms. The Morgan fingerprint density at radius 2 is 1.57 bits per heavy atom. The van der Waals surface area contributed by atoms with Crippen molar-refractivity contribution < 1.29 is 10.4 Å². The second-order valence-electron chi connectivity index (χ2n) is 7.10. The van der Waals surface area contributed by atoms with Crippen LogP contribution in [0.3, 0.4) is 0 Å². The fraction of sp³-hybridized carbons (Fsp3) is 0.429. The van der Waals surface area contributed by atoms with E-state index in [1.165, 1.54) is 11.1 Å². The van der Waals surface area contributed by atoms with Crippen LogP contribution in [0.4, 0.5) is 0 Å². The molecule has 3 N–H and O–H groups in total. The number of rotatable bonds is 4. The van der Waals surface area contributed by atoms with Gasteiger partial charge < -0.3 is 10.4 Å². The van der Waals surface area contributed by atoms with Crippen molar-refractivity contribution in [3.8, 4) is 0 Å². The second-order valence-corrected chi connectivity index (χ2v) is 7.10. The summed E-state index contributed by atoms with van der Waals surface area (Å²) in [6.07, 6.45) is 2.98. The summed E-state index contributed by atoms with van der Waals surface area (Å²) in [4.78, 5) is 0. The molecular formula is C21H28NO+. The third-order valence-electron chi connectivity index (χ3n) is 5.32. The standard InChI is InChI=1S/C21H27NO/c1-3-10-18-20(17-13-8-5-9-14-17)22-19(15-21(18,2)23)16-11-6-4-7-12-16/h4-9,11-14,18-20,22-23H,3,10,15H2,1-2H3/p+1/t18-,19-,20+,21+/m0/s1. The summed E-state index contributed by atoms with van der Waals surface area (Å²) in [6.45, 7) is 4.24. The number of aliphatic hydroxyl groups is 1. The van der Waals surface area contributed by atoms with Crippen LogP contribution in [-0.2, 0) is 0 Å². The topological polar surface area (TPSA) is 36.8 Å². The minimum absolute atomic E-state index is 0.287. The van der Waals surface area contributed by atoms with Gasteiger partial charge in [0.1, 0.15) is 12.1 Å². The summed E-state index contributed by atoms with van der Waals surface area (Å²) in [5.74, 6) is 0.287. The lowest BCUT2D eigenvalue weighted by atomic mass is 9.70. The number of nitrogens with two attached hydrogens (primary N) is 1. The van der Waals surface area contributed by atoms with Gasteiger partial charge in [-0.3, -0.25) is 0 Å². The van der Waals surface area contributed by atoms with E-state index in [0.717, 1.165) is 19.3 Å². The molecule has 0 spiro atoms. The van der Waals surface area contributed by atoms with Crippen LogP contribution in [0.5, 0.6) is 0 Å². The molecule has 1 saturated heterocycles. The summed E-state index contributed by atoms with van der Waals surface area (Å²) >= 11 is 0. The molecule has 0 unspecified atom stereocenters. The first-order valence-electron chi connectivity index (χ1n) is 8.79. The minimum atomic E-state index is -0.633. The maximum Gasteiger partial charge on any atom is 0.118 e. The Balaban J connectivity index is 1.95. The van der Waals surface area contributed by atoms with Crippen LogP contribution >= 0.6 is 0 Å². The number of piperidine rings is 1. The SMILES string of the molecule is CCC[C@H]1[C@@H](c2ccccc2)[NH2+][C@H](c2ccccc2)C[C@@]1(C)O. The van der Waals surface area contributed by atoms with Gasteiger partial charge in [0.15, 0.2) is 0 Å². The molecule has 0 aliphatic carbocycles. The second kappa shape index (κ2) is 6.86. The fourth-order valence-electron chi connectivity index (χ4n) is 4.19. The summed E-state index contributed by atoms with van der Waals surface area (Å²) < 4.78 is 0. The smallest absolute Gasteiger partial charge is 0.118 e. The zero-order chi connectivity index (χ0) is 16.3. The molecule has 4 atom stereocenters. The van der Waals surface area contributed by atoms with E-state index in [0.29, 0.717) is 12.1 Å². The molecule has 3 rings (SSSR count). The van der Waals surface area contributed by atoms with Gasteiger partial charge in [0, 0.05) is 23.5 Å². The molecular weight excluding hydrogens is 282 g/mol. The Bertz CT molecular complexity index is 608. The third kappa shape index (κ3) is 3.49. The minimum Gasteiger partial charge on any atom is -0.389 e. The molecule has 1 aliphatic rings. The van der Waals surface area contributed by atoms with Crippen LogP contribution in [0.2, 0.25) is 0 Å². The van der Waals surface area contributed by atoms with Crippen molar-refractivity contribution >= 4 is 0 Å². The molecule has 2 nitrogen and oxygen atoms in total. The molecule has 122 valence electrons. The van der Waals surface area contributed by atoms with E-state index in [1.807, 2.05) is 6.92 Å². The Morgan fingerprint density at radius 3 is 2.13 bits per heavy atom. The Labute approximate surface area is 139 Å². The molecule has 0 aromatic heterocycles. The van der Waals surface area contributed by atoms with E-state index in [2.05, 4.69) is 72.9 Å². The zero-order valence-corrected chi connectivity index (χ0v) is 14.2. The lowest BCUT2D eigenvalue weighted by Crippen LogP contribution is -2.91. The van der Waals surface area contributed by atoms with Crippen molar-refractivity contribution in [1.82, 2.24) is 0 Å². The number of hydrogen-bond donors (Lipinski definition) is 2. The lowest BCUT2D eigenvalue weighted by molar-refractivity contribution is -0.756. The van der Waals surface area contributed by atoms with Gasteiger partial charge in [-0.1, -0.05) is 74.0 Å². The molecule has 0 radical (unpaired) electrons. The zero-order valence-electron chi connectivity index (χ0n) is 14.2. The van der Waals surface area contributed by atoms with Crippen LogP contribution in [0.15, 0.2) is 60.7 Å². The predicted molar refractivity (Wildman–Crippen MR) is 93.9 cm³/mol. The van der Waals surface area contributed by atoms with E-state index in [1.54, 1.807) is 0 Å². The normalized spacial score (nSPS) is 31.0. The van der Waals surface area contributed by atoms with Crippen LogP contribution < -0.4 is 5.32 Å². The highest BCUT2D eigenvalue weighted by atomic mass is 16.3. The maximum absolute atomic E-state index is 11.2. The van der Waals surface area contributed by atoms with E-state index in [4.69, 9.17) is 0 Å². The first kappa shape index (κ1) is 16.2. The molecule has 2 heteroatoms. The van der Waals surface area contributed by atoms with Crippen molar-refractivity contribution in [3.05, 3.63) is 71.8 Å². The Kier molecular flexibility index (Phi) is 4.84. The Morgan fingerprint density at radius 1 is 1.00 bits per heavy atom. The van der Waals surface area contributed by atoms with Crippen LogP contribution in [0.25, 0.3) is 0 Å². The van der Waals surface area contributed by atoms with E-state index < -0.39 is 5.60 Å². The van der Waals surface area contributed by atoms with Crippen molar-refractivity contribution in [2.45, 2.75) is 50.8 Å². The summed E-state index contributed by atoms with van der Waals surface area (Å²) in [6, 6.07) is 21.9. The molecule has 0 saturated carbocycles. The van der Waals surface area contributed by atoms with Gasteiger partial charge in [0.2, 0.25) is 0 Å². The molecule has 0 bridgehead atoms. The van der Waals surface area contributed by atoms with Gasteiger partial charge in [-0.25, -0.2) is 0 Å². The van der Waals surface area contributed by atoms with E-state index in [9.17, 15) is 5.11 Å². The van der Waals surface area contributed by atoms with Crippen molar-refractivity contribution in [2.24, 2.45) is 5.92 Å². The van der Waals surface area contributed by atoms with Gasteiger partial charge in [-0.05, 0) is 13.3 Å². The van der Waals surface area contributed by atoms with Crippen LogP contribution in [-0.4, -0.2) is 10.7 Å². The van der Waals surface area contributed by atoms with Crippen molar-refractivity contribution in [1.29, 1.82) is 0 Å². The molecule has 2 aromatic rings. The van der Waals surface area contributed by atoms with Gasteiger partial charge in [0.05, 0.1) is 5.60 Å². The predicted octanol–water partition coefficient (Wildman–Crippen LogP) is 3.60. The largest absolute Gasteiger partial charge is 0.389 e. The van der Waals surface area contributed by atoms with Crippen molar-refractivity contribution in [2.75, 3.05) is 0 Å². The van der Waals surface area contributed by atoms with E-state index >= 15 is 0 Å². The number of quaternary nitrogens is 1. The number of benzene rings is 2. The highest BCUT2D eigenvalue weighted by molar-refractivity contribution is 5.22. The van der Waals surface area contributed by atoms with Gasteiger partial charge in [-0.2, -0.15) is 0 Å². The highest BCUT2D eigenvalue weighted by Gasteiger charge is 2.47. The van der Waals surface area contributed by atoms with Crippen LogP contribution in [0, 0.1) is 5.92 Å². The highest BCUT2D eigenvalue weighted by Crippen LogP contribution is 2.40. The summed E-state index contributed by atoms with van der Waals surface area (Å²) in [7, 11) is 0. The average molecular weight is 310 g/mol. The lowest BCUT2D eigenvalue weighted by Gasteiger charge is -2.44. The third-order valence-corrected chi connectivity index (χ3v) is 5.32. The quantitative estimate of drug-likeness (QED) is 0.889. The first-order valence-corrected chi connectivity index (χ1v) is 8.79. The number of hydrogen-bond acceptors (Lipinski definition) is 1. The summed E-state index contributed by atoms with van der Waals surface area (Å²) in [5.41, 5.74) is 2.00. The molecule has 0 amide bonds.